The van der Waals surface area contributed by atoms with Gasteiger partial charge in [-0.15, -0.1) is 11.3 Å². The number of amides is 1. The van der Waals surface area contributed by atoms with Crippen LogP contribution in [0.3, 0.4) is 0 Å². The van der Waals surface area contributed by atoms with E-state index in [0.29, 0.717) is 39.5 Å². The highest BCUT2D eigenvalue weighted by Crippen LogP contribution is 2.38. The largest absolute Gasteiger partial charge is 0.463 e. The molecule has 0 spiro atoms. The monoisotopic (exact) mass is 491 g/mol. The molecule has 1 aliphatic heterocycles. The summed E-state index contributed by atoms with van der Waals surface area (Å²) in [7, 11) is 0. The first-order chi connectivity index (χ1) is 17.0. The molecule has 1 amide bonds. The first-order valence-electron chi connectivity index (χ1n) is 11.0. The molecule has 2 aromatic carbocycles. The van der Waals surface area contributed by atoms with Gasteiger partial charge in [-0.1, -0.05) is 18.2 Å². The van der Waals surface area contributed by atoms with Crippen LogP contribution >= 0.6 is 11.3 Å². The fourth-order valence-electron chi connectivity index (χ4n) is 3.91. The van der Waals surface area contributed by atoms with Crippen molar-refractivity contribution < 1.29 is 28.2 Å². The van der Waals surface area contributed by atoms with Crippen LogP contribution in [0.1, 0.15) is 43.6 Å². The Bertz CT molecular complexity index is 1520. The van der Waals surface area contributed by atoms with Crippen LogP contribution in [0.2, 0.25) is 0 Å². The number of thiophene rings is 1. The zero-order valence-corrected chi connectivity index (χ0v) is 19.8. The minimum absolute atomic E-state index is 0.151. The minimum Gasteiger partial charge on any atom is -0.463 e. The second-order valence-electron chi connectivity index (χ2n) is 7.87. The van der Waals surface area contributed by atoms with Crippen molar-refractivity contribution in [2.45, 2.75) is 20.3 Å². The first kappa shape index (κ1) is 22.7. The molecular weight excluding hydrogens is 470 g/mol. The van der Waals surface area contributed by atoms with Crippen LogP contribution in [0.4, 0.5) is 5.00 Å². The van der Waals surface area contributed by atoms with Gasteiger partial charge in [0.2, 0.25) is 12.2 Å². The van der Waals surface area contributed by atoms with Gasteiger partial charge in [0, 0.05) is 11.3 Å². The highest BCUT2D eigenvalue weighted by atomic mass is 32.1. The highest BCUT2D eigenvalue weighted by molar-refractivity contribution is 7.17. The quantitative estimate of drug-likeness (QED) is 0.382. The fourth-order valence-corrected chi connectivity index (χ4v) is 5.13. The van der Waals surface area contributed by atoms with Gasteiger partial charge < -0.3 is 23.9 Å². The number of nitrogens with one attached hydrogen (secondary N) is 1. The van der Waals surface area contributed by atoms with E-state index in [-0.39, 0.29) is 24.5 Å². The summed E-state index contributed by atoms with van der Waals surface area (Å²) in [6, 6.07) is 12.4. The number of ether oxygens (including phenoxy) is 3. The predicted molar refractivity (Wildman–Crippen MR) is 131 cm³/mol. The normalized spacial score (nSPS) is 12.1. The van der Waals surface area contributed by atoms with Crippen molar-refractivity contribution in [3.8, 4) is 11.5 Å². The molecule has 0 saturated heterocycles. The van der Waals surface area contributed by atoms with Gasteiger partial charge in [0.15, 0.2) is 11.5 Å². The third-order valence-corrected chi connectivity index (χ3v) is 6.89. The summed E-state index contributed by atoms with van der Waals surface area (Å²) in [5.41, 5.74) is 1.72. The number of esters is 1. The van der Waals surface area contributed by atoms with E-state index in [2.05, 4.69) is 5.32 Å². The molecule has 9 heteroatoms. The number of rotatable bonds is 6. The van der Waals surface area contributed by atoms with E-state index >= 15 is 0 Å². The Balaban J connectivity index is 1.49. The maximum atomic E-state index is 13.1. The smallest absolute Gasteiger partial charge is 0.341 e. The van der Waals surface area contributed by atoms with Crippen LogP contribution in [0.15, 0.2) is 57.9 Å². The van der Waals surface area contributed by atoms with Gasteiger partial charge in [0.1, 0.15) is 22.4 Å². The third kappa shape index (κ3) is 4.26. The van der Waals surface area contributed by atoms with E-state index in [1.165, 1.54) is 11.3 Å². The molecule has 0 fully saturated rings. The molecule has 0 bridgehead atoms. The van der Waals surface area contributed by atoms with Crippen LogP contribution in [-0.2, 0) is 11.2 Å². The van der Waals surface area contributed by atoms with Crippen molar-refractivity contribution in [1.82, 2.24) is 0 Å². The Morgan fingerprint density at radius 2 is 1.91 bits per heavy atom. The lowest BCUT2D eigenvalue weighted by molar-refractivity contribution is 0.0527. The molecule has 1 aliphatic rings. The predicted octanol–water partition coefficient (Wildman–Crippen LogP) is 4.91. The number of hydrogen-bond donors (Lipinski definition) is 1. The molecule has 4 aromatic rings. The van der Waals surface area contributed by atoms with Crippen molar-refractivity contribution in [3.05, 3.63) is 86.1 Å². The number of benzene rings is 2. The standard InChI is InChI=1S/C26H21NO7S/c1-3-31-26(30)22-14(2)21(11-15-8-9-19-20(10-15)34-13-33-19)35-25(22)27-24(29)17-12-32-18-7-5-4-6-16(18)23(17)28/h4-10,12H,3,11,13H2,1-2H3,(H,27,29). The average Bonchev–Trinajstić information content (AvgIpc) is 3.43. The van der Waals surface area contributed by atoms with Crippen molar-refractivity contribution in [1.29, 1.82) is 0 Å². The molecule has 178 valence electrons. The summed E-state index contributed by atoms with van der Waals surface area (Å²) >= 11 is 1.26. The van der Waals surface area contributed by atoms with Gasteiger partial charge in [-0.2, -0.15) is 0 Å². The molecule has 0 radical (unpaired) electrons. The van der Waals surface area contributed by atoms with Crippen LogP contribution in [-0.4, -0.2) is 25.3 Å². The Morgan fingerprint density at radius 3 is 2.74 bits per heavy atom. The fraction of sp³-hybridized carbons (Fsp3) is 0.192. The molecule has 0 aliphatic carbocycles. The Morgan fingerprint density at radius 1 is 1.11 bits per heavy atom. The van der Waals surface area contributed by atoms with Crippen LogP contribution in [0.5, 0.6) is 11.5 Å². The topological polar surface area (TPSA) is 104 Å². The van der Waals surface area contributed by atoms with Crippen molar-refractivity contribution >= 4 is 39.2 Å². The summed E-state index contributed by atoms with van der Waals surface area (Å²) in [4.78, 5) is 39.6. The van der Waals surface area contributed by atoms with Gasteiger partial charge in [0.05, 0.1) is 17.6 Å². The Kier molecular flexibility index (Phi) is 6.00. The van der Waals surface area contributed by atoms with Crippen LogP contribution < -0.4 is 20.2 Å². The lowest BCUT2D eigenvalue weighted by Gasteiger charge is -2.07. The minimum atomic E-state index is -0.661. The lowest BCUT2D eigenvalue weighted by Crippen LogP contribution is -2.22. The maximum absolute atomic E-state index is 13.1. The first-order valence-corrected chi connectivity index (χ1v) is 11.8. The lowest BCUT2D eigenvalue weighted by atomic mass is 10.1. The summed E-state index contributed by atoms with van der Waals surface area (Å²) in [5, 5.41) is 3.35. The summed E-state index contributed by atoms with van der Waals surface area (Å²) in [6.45, 7) is 3.90. The van der Waals surface area contributed by atoms with Gasteiger partial charge in [-0.3, -0.25) is 9.59 Å². The summed E-state index contributed by atoms with van der Waals surface area (Å²) in [5.74, 6) is 0.148. The SMILES string of the molecule is CCOC(=O)c1c(NC(=O)c2coc3ccccc3c2=O)sc(Cc2ccc3c(c2)OCO3)c1C. The Hall–Kier alpha value is -4.11. The zero-order chi connectivity index (χ0) is 24.5. The van der Waals surface area contributed by atoms with E-state index in [4.69, 9.17) is 18.6 Å². The number of para-hydroxylation sites is 1. The van der Waals surface area contributed by atoms with E-state index in [9.17, 15) is 14.4 Å². The van der Waals surface area contributed by atoms with E-state index < -0.39 is 17.3 Å². The number of anilines is 1. The molecule has 3 heterocycles. The number of carbonyl (C=O) groups is 2. The molecule has 0 saturated carbocycles. The zero-order valence-electron chi connectivity index (χ0n) is 19.0. The van der Waals surface area contributed by atoms with Gasteiger partial charge >= 0.3 is 5.97 Å². The van der Waals surface area contributed by atoms with Crippen molar-refractivity contribution in [3.63, 3.8) is 0 Å². The average molecular weight is 492 g/mol. The molecule has 2 aromatic heterocycles. The summed E-state index contributed by atoms with van der Waals surface area (Å²) < 4.78 is 21.5. The maximum Gasteiger partial charge on any atom is 0.341 e. The van der Waals surface area contributed by atoms with Gasteiger partial charge in [-0.25, -0.2) is 4.79 Å². The molecule has 5 rings (SSSR count). The van der Waals surface area contributed by atoms with E-state index in [0.717, 1.165) is 16.7 Å². The number of carbonyl (C=O) groups excluding carboxylic acids is 2. The summed E-state index contributed by atoms with van der Waals surface area (Å²) in [6.07, 6.45) is 1.64. The number of hydrogen-bond acceptors (Lipinski definition) is 8. The molecule has 0 unspecified atom stereocenters. The van der Waals surface area contributed by atoms with Crippen molar-refractivity contribution in [2.75, 3.05) is 18.7 Å². The van der Waals surface area contributed by atoms with E-state index in [1.54, 1.807) is 31.2 Å². The van der Waals surface area contributed by atoms with Gasteiger partial charge in [-0.05, 0) is 49.2 Å². The van der Waals surface area contributed by atoms with E-state index in [1.807, 2.05) is 25.1 Å². The molecule has 1 N–H and O–H groups in total. The molecule has 8 nitrogen and oxygen atoms in total. The second-order valence-corrected chi connectivity index (χ2v) is 8.97. The van der Waals surface area contributed by atoms with Crippen molar-refractivity contribution in [2.24, 2.45) is 0 Å². The molecular formula is C26H21NO7S. The number of fused-ring (bicyclic) bond motifs is 2. The second kappa shape index (κ2) is 9.27. The third-order valence-electron chi connectivity index (χ3n) is 5.68. The van der Waals surface area contributed by atoms with Crippen LogP contribution in [0.25, 0.3) is 11.0 Å². The molecule has 0 atom stereocenters. The molecule has 35 heavy (non-hydrogen) atoms. The highest BCUT2D eigenvalue weighted by Gasteiger charge is 2.25. The van der Waals surface area contributed by atoms with Gasteiger partial charge in [0.25, 0.3) is 5.91 Å². The Labute approximate surface area is 204 Å². The van der Waals surface area contributed by atoms with Crippen LogP contribution in [0, 0.1) is 6.92 Å².